The molecule has 3 nitrogen and oxygen atoms in total. The van der Waals surface area contributed by atoms with E-state index < -0.39 is 0 Å². The Morgan fingerprint density at radius 1 is 0.840 bits per heavy atom. The molecule has 5 rings (SSSR count). The van der Waals surface area contributed by atoms with E-state index in [4.69, 9.17) is 0 Å². The number of carbonyl (C=O) groups is 2. The molecule has 0 radical (unpaired) electrons. The van der Waals surface area contributed by atoms with Crippen LogP contribution in [0.1, 0.15) is 24.3 Å². The van der Waals surface area contributed by atoms with Gasteiger partial charge < -0.3 is 0 Å². The van der Waals surface area contributed by atoms with Crippen LogP contribution in [0.4, 0.5) is 5.69 Å². The number of rotatable bonds is 2. The van der Waals surface area contributed by atoms with Crippen LogP contribution in [0, 0.1) is 23.7 Å². The van der Waals surface area contributed by atoms with Crippen LogP contribution >= 0.6 is 15.9 Å². The van der Waals surface area contributed by atoms with Gasteiger partial charge in [0.05, 0.1) is 17.5 Å². The maximum Gasteiger partial charge on any atom is 0.237 e. The smallest absolute Gasteiger partial charge is 0.237 e. The van der Waals surface area contributed by atoms with Gasteiger partial charge in [-0.15, -0.1) is 0 Å². The minimum atomic E-state index is -0.139. The number of fused-ring (bicyclic) bond motifs is 5. The maximum atomic E-state index is 13.1. The molecule has 2 aromatic carbocycles. The van der Waals surface area contributed by atoms with Gasteiger partial charge in [0.15, 0.2) is 0 Å². The third kappa shape index (κ3) is 2.16. The molecule has 3 fully saturated rings. The Morgan fingerprint density at radius 3 is 2.24 bits per heavy atom. The Bertz CT molecular complexity index is 848. The fourth-order valence-corrected chi connectivity index (χ4v) is 5.65. The number of hydrogen-bond donors (Lipinski definition) is 0. The topological polar surface area (TPSA) is 37.4 Å². The minimum Gasteiger partial charge on any atom is -0.274 e. The van der Waals surface area contributed by atoms with Gasteiger partial charge in [-0.2, -0.15) is 0 Å². The highest BCUT2D eigenvalue weighted by molar-refractivity contribution is 9.10. The Labute approximate surface area is 155 Å². The normalized spacial score (nSPS) is 33.2. The molecule has 0 aromatic heterocycles. The van der Waals surface area contributed by atoms with Crippen molar-refractivity contribution in [1.29, 1.82) is 0 Å². The van der Waals surface area contributed by atoms with E-state index in [1.807, 2.05) is 30.3 Å². The molecule has 1 saturated heterocycles. The maximum absolute atomic E-state index is 13.1. The van der Waals surface area contributed by atoms with Crippen LogP contribution in [-0.4, -0.2) is 11.8 Å². The third-order valence-electron chi connectivity index (χ3n) is 6.33. The molecule has 25 heavy (non-hydrogen) atoms. The van der Waals surface area contributed by atoms with Crippen LogP contribution in [-0.2, 0) is 9.59 Å². The number of benzene rings is 2. The minimum absolute atomic E-state index is 0.00505. The largest absolute Gasteiger partial charge is 0.274 e. The standard InChI is InChI=1S/C21H18BrNO2/c22-14-6-8-15(9-7-14)23-20(24)18-13-10-16(12-4-2-1-3-5-12)17(11-13)19(18)21(23)25/h1-9,13,16-19H,10-11H2/t13-,16-,17+,18+,19+/m0/s1. The summed E-state index contributed by atoms with van der Waals surface area (Å²) in [5.41, 5.74) is 2.01. The fraction of sp³-hybridized carbons (Fsp3) is 0.333. The molecule has 2 bridgehead atoms. The number of halogens is 1. The van der Waals surface area contributed by atoms with Gasteiger partial charge in [0.1, 0.15) is 0 Å². The first kappa shape index (κ1) is 15.3. The first-order chi connectivity index (χ1) is 12.1. The Kier molecular flexibility index (Phi) is 3.39. The van der Waals surface area contributed by atoms with Crippen molar-refractivity contribution in [2.24, 2.45) is 23.7 Å². The lowest BCUT2D eigenvalue weighted by Crippen LogP contribution is -2.32. The predicted octanol–water partition coefficient (Wildman–Crippen LogP) is 4.38. The number of nitrogens with zero attached hydrogens (tertiary/aromatic N) is 1. The summed E-state index contributed by atoms with van der Waals surface area (Å²) in [6.45, 7) is 0. The van der Waals surface area contributed by atoms with Crippen molar-refractivity contribution in [1.82, 2.24) is 0 Å². The molecule has 2 saturated carbocycles. The molecule has 2 aliphatic carbocycles. The van der Waals surface area contributed by atoms with Crippen molar-refractivity contribution < 1.29 is 9.59 Å². The Morgan fingerprint density at radius 2 is 1.52 bits per heavy atom. The lowest BCUT2D eigenvalue weighted by atomic mass is 9.73. The predicted molar refractivity (Wildman–Crippen MR) is 99.0 cm³/mol. The first-order valence-electron chi connectivity index (χ1n) is 8.83. The molecule has 5 atom stereocenters. The second kappa shape index (κ2) is 5.53. The van der Waals surface area contributed by atoms with Crippen molar-refractivity contribution >= 4 is 33.4 Å². The summed E-state index contributed by atoms with van der Waals surface area (Å²) in [5.74, 6) is 0.823. The molecule has 1 heterocycles. The summed E-state index contributed by atoms with van der Waals surface area (Å²) in [7, 11) is 0. The molecule has 126 valence electrons. The van der Waals surface area contributed by atoms with E-state index in [0.29, 0.717) is 23.4 Å². The zero-order valence-electron chi connectivity index (χ0n) is 13.6. The summed E-state index contributed by atoms with van der Waals surface area (Å²) < 4.78 is 0.944. The molecular formula is C21H18BrNO2. The highest BCUT2D eigenvalue weighted by Crippen LogP contribution is 2.61. The number of carbonyl (C=O) groups excluding carboxylic acids is 2. The molecule has 0 spiro atoms. The molecule has 1 aliphatic heterocycles. The SMILES string of the molecule is O=C1[C@@H]2[C@@H]3C[C@@H]([C@H]2C(=O)N1c1ccc(Br)cc1)[C@H](c1ccccc1)C3. The highest BCUT2D eigenvalue weighted by atomic mass is 79.9. The summed E-state index contributed by atoms with van der Waals surface area (Å²) in [6, 6.07) is 17.9. The average Bonchev–Trinajstić information content (AvgIpc) is 3.29. The van der Waals surface area contributed by atoms with Crippen molar-refractivity contribution in [2.45, 2.75) is 18.8 Å². The van der Waals surface area contributed by atoms with E-state index >= 15 is 0 Å². The zero-order chi connectivity index (χ0) is 17.1. The van der Waals surface area contributed by atoms with E-state index in [9.17, 15) is 9.59 Å². The van der Waals surface area contributed by atoms with Gasteiger partial charge in [-0.1, -0.05) is 46.3 Å². The highest BCUT2D eigenvalue weighted by Gasteiger charge is 2.64. The average molecular weight is 396 g/mol. The summed E-state index contributed by atoms with van der Waals surface area (Å²) in [6.07, 6.45) is 2.05. The molecule has 4 heteroatoms. The lowest BCUT2D eigenvalue weighted by Gasteiger charge is -2.28. The molecule has 0 unspecified atom stereocenters. The second-order valence-corrected chi connectivity index (χ2v) is 8.37. The summed E-state index contributed by atoms with van der Waals surface area (Å²) >= 11 is 3.41. The zero-order valence-corrected chi connectivity index (χ0v) is 15.2. The van der Waals surface area contributed by atoms with Crippen molar-refractivity contribution in [3.63, 3.8) is 0 Å². The van der Waals surface area contributed by atoms with Gasteiger partial charge in [-0.25, -0.2) is 0 Å². The van der Waals surface area contributed by atoms with Crippen molar-refractivity contribution in [2.75, 3.05) is 4.90 Å². The van der Waals surface area contributed by atoms with E-state index in [1.54, 1.807) is 0 Å². The van der Waals surface area contributed by atoms with Crippen LogP contribution in [0.2, 0.25) is 0 Å². The Balaban J connectivity index is 1.49. The van der Waals surface area contributed by atoms with E-state index in [0.717, 1.165) is 17.3 Å². The number of anilines is 1. The van der Waals surface area contributed by atoms with Gasteiger partial charge >= 0.3 is 0 Å². The second-order valence-electron chi connectivity index (χ2n) is 7.45. The van der Waals surface area contributed by atoms with Crippen molar-refractivity contribution in [3.8, 4) is 0 Å². The lowest BCUT2D eigenvalue weighted by molar-refractivity contribution is -0.123. The van der Waals surface area contributed by atoms with Gasteiger partial charge in [-0.05, 0) is 60.4 Å². The van der Waals surface area contributed by atoms with E-state index in [-0.39, 0.29) is 23.7 Å². The summed E-state index contributed by atoms with van der Waals surface area (Å²) in [5, 5.41) is 0. The molecule has 2 amide bonds. The van der Waals surface area contributed by atoms with Gasteiger partial charge in [0, 0.05) is 4.47 Å². The van der Waals surface area contributed by atoms with Gasteiger partial charge in [0.2, 0.25) is 11.8 Å². The van der Waals surface area contributed by atoms with E-state index in [2.05, 4.69) is 40.2 Å². The first-order valence-corrected chi connectivity index (χ1v) is 9.63. The van der Waals surface area contributed by atoms with Crippen LogP contribution in [0.15, 0.2) is 59.1 Å². The van der Waals surface area contributed by atoms with Gasteiger partial charge in [0.25, 0.3) is 0 Å². The Hall–Kier alpha value is -1.94. The van der Waals surface area contributed by atoms with Crippen LogP contribution in [0.5, 0.6) is 0 Å². The molecular weight excluding hydrogens is 378 g/mol. The number of amides is 2. The number of hydrogen-bond acceptors (Lipinski definition) is 2. The molecule has 3 aliphatic rings. The van der Waals surface area contributed by atoms with Crippen LogP contribution < -0.4 is 4.90 Å². The molecule has 0 N–H and O–H groups in total. The quantitative estimate of drug-likeness (QED) is 0.707. The van der Waals surface area contributed by atoms with Crippen molar-refractivity contribution in [3.05, 3.63) is 64.6 Å². The van der Waals surface area contributed by atoms with Crippen LogP contribution in [0.3, 0.4) is 0 Å². The third-order valence-corrected chi connectivity index (χ3v) is 6.86. The fourth-order valence-electron chi connectivity index (χ4n) is 5.39. The number of imide groups is 1. The van der Waals surface area contributed by atoms with Crippen LogP contribution in [0.25, 0.3) is 0 Å². The molecule has 2 aromatic rings. The summed E-state index contributed by atoms with van der Waals surface area (Å²) in [4.78, 5) is 27.6. The van der Waals surface area contributed by atoms with Gasteiger partial charge in [-0.3, -0.25) is 14.5 Å². The van der Waals surface area contributed by atoms with E-state index in [1.165, 1.54) is 10.5 Å². The monoisotopic (exact) mass is 395 g/mol.